The van der Waals surface area contributed by atoms with Gasteiger partial charge in [-0.3, -0.25) is 73.7 Å². The Kier molecular flexibility index (Phi) is 84.1. The van der Waals surface area contributed by atoms with E-state index in [0.29, 0.717) is 73.0 Å². The molecule has 0 aliphatic heterocycles. The highest BCUT2D eigenvalue weighted by Crippen LogP contribution is 2.25. The van der Waals surface area contributed by atoms with E-state index in [-0.39, 0.29) is 57.4 Å². The monoisotopic (exact) mass is 1820 g/mol. The van der Waals surface area contributed by atoms with Crippen LogP contribution in [0, 0.1) is 22.7 Å². The fourth-order valence-electron chi connectivity index (χ4n) is 9.09. The molecule has 0 radical (unpaired) electrons. The molecule has 0 saturated carbocycles. The quantitative estimate of drug-likeness (QED) is 0.0411. The standard InChI is InChI=1S/C14H27NO.C12H27NOSi2.C10H23NOSi2.C10H21NOSi.C10H19NO.C9H17NO.C8H17NOSi.2C8H15NO.C7H13NO/c1-8-9-15-11(13(2,3)4)10-12(16)14(5,6)7;1-8-9-13-11(15(2,3)4)10-12(14)16(5,6)7;1-11-9(13(2,3)4)8-10(12)14(5,6)7;1-6-7-11-9(2)8-10(12)13(3,4)5;1-5-7-11-8(3)10(6-2)9(4)12;1-5-6-10-8(3)7(2)9(4)11;1-7(9-2)6-8(10)11(3,4)5;2*1-4-5-9-7(2)6-8(3)10;1-4-8-6(2)5-7(3)9/h2*8-10H2,1-7H3;8H2,1-7H3;6-8H2,1-5H3;10H,5-7H2,1-4H3;7H,5-6H2,1-4H3;6H2,1-5H3;2*4-6H2,1-3H3;4-5H2,1-3H3. The predicted octanol–water partition coefficient (Wildman–Crippen LogP) is 24.5. The maximum atomic E-state index is 12.1. The van der Waals surface area contributed by atoms with Gasteiger partial charge in [0.1, 0.15) is 88.6 Å². The van der Waals surface area contributed by atoms with E-state index in [1.165, 1.54) is 5.33 Å². The van der Waals surface area contributed by atoms with Gasteiger partial charge in [-0.2, -0.15) is 0 Å². The van der Waals surface area contributed by atoms with E-state index in [1.807, 2.05) is 97.1 Å². The molecule has 0 spiro atoms. The molecular weight excluding hydrogens is 1620 g/mol. The third-order valence-corrected chi connectivity index (χ3v) is 29.5. The zero-order valence-corrected chi connectivity index (χ0v) is 94.7. The molecule has 0 fully saturated rings. The van der Waals surface area contributed by atoms with Crippen LogP contribution >= 0.6 is 0 Å². The molecule has 26 heteroatoms. The highest BCUT2D eigenvalue weighted by atomic mass is 28.3. The average molecular weight is 1820 g/mol. The summed E-state index contributed by atoms with van der Waals surface area (Å²) in [6, 6.07) is 0. The number of hydrogen-bond donors (Lipinski definition) is 0. The van der Waals surface area contributed by atoms with Crippen LogP contribution in [0.15, 0.2) is 49.9 Å². The van der Waals surface area contributed by atoms with Gasteiger partial charge in [-0.25, -0.2) is 0 Å². The van der Waals surface area contributed by atoms with Crippen molar-refractivity contribution in [1.82, 2.24) is 0 Å². The van der Waals surface area contributed by atoms with E-state index in [1.54, 1.807) is 41.7 Å². The number of carbonyl (C=O) groups is 10. The van der Waals surface area contributed by atoms with Gasteiger partial charge in [-0.1, -0.05) is 222 Å². The SMILES string of the molecule is CCCN=C(C)C(C)C(C)=O.CCCN=C(C)C(CC)C(C)=O.CCCN=C(C)CC(=O)[Si](C)(C)C.CCCN=C(C)CC(C)=O.CCCN=C(C)CC(C)=O.CCCN=C(CC(=O)C(C)(C)C)C(C)(C)C.CCCN=C(CC(=O)[Si](C)(C)C)[Si](C)(C)C.CCN=C(C)CC(C)=O.CN=C(C)CC(=O)[Si](C)(C)C.CN=C(CC(=O)[Si](C)(C)C)[Si](C)(C)C. The fourth-order valence-corrected chi connectivity index (χ4v) is 15.1. The van der Waals surface area contributed by atoms with Crippen molar-refractivity contribution in [3.8, 4) is 0 Å². The summed E-state index contributed by atoms with van der Waals surface area (Å²) in [4.78, 5) is 155. The second-order valence-electron chi connectivity index (χ2n) is 39.9. The molecule has 0 aliphatic rings. The smallest absolute Gasteiger partial charge is 0.143 e. The third-order valence-electron chi connectivity index (χ3n) is 17.9. The summed E-state index contributed by atoms with van der Waals surface area (Å²) in [6.07, 6.45) is 12.6. The molecule has 2 unspecified atom stereocenters. The normalized spacial score (nSPS) is 13.5. The van der Waals surface area contributed by atoms with Crippen LogP contribution in [0.5, 0.6) is 0 Å². The first-order valence-electron chi connectivity index (χ1n) is 45.4. The first kappa shape index (κ1) is 137. The van der Waals surface area contributed by atoms with Gasteiger partial charge in [0, 0.05) is 185 Å². The van der Waals surface area contributed by atoms with Crippen LogP contribution in [-0.4, -0.2) is 228 Å². The molecule has 712 valence electrons. The molecule has 2 atom stereocenters. The number of hydrogen-bond acceptors (Lipinski definition) is 20. The Morgan fingerprint density at radius 1 is 0.279 bits per heavy atom. The summed E-state index contributed by atoms with van der Waals surface area (Å²) in [5.41, 5.74) is 7.50. The van der Waals surface area contributed by atoms with Gasteiger partial charge < -0.3 is 24.2 Å². The number of rotatable bonds is 42. The van der Waals surface area contributed by atoms with Crippen molar-refractivity contribution >= 4 is 161 Å². The molecule has 0 aromatic rings. The van der Waals surface area contributed by atoms with Crippen molar-refractivity contribution in [2.75, 3.05) is 66.5 Å². The Balaban J connectivity index is -0.000000144. The van der Waals surface area contributed by atoms with Gasteiger partial charge >= 0.3 is 0 Å². The first-order chi connectivity index (χ1) is 55.2. The summed E-state index contributed by atoms with van der Waals surface area (Å²) in [6.45, 7) is 99.6. The molecule has 0 aromatic carbocycles. The Labute approximate surface area is 757 Å². The highest BCUT2D eigenvalue weighted by Gasteiger charge is 2.33. The topological polar surface area (TPSA) is 294 Å². The van der Waals surface area contributed by atoms with E-state index in [9.17, 15) is 47.9 Å². The van der Waals surface area contributed by atoms with E-state index >= 15 is 0 Å². The molecule has 0 aliphatic carbocycles. The minimum atomic E-state index is -1.64. The van der Waals surface area contributed by atoms with Crippen LogP contribution in [0.1, 0.15) is 297 Å². The van der Waals surface area contributed by atoms with E-state index in [4.69, 9.17) is 0 Å². The Bertz CT molecular complexity index is 3250. The molecule has 20 nitrogen and oxygen atoms in total. The van der Waals surface area contributed by atoms with Crippen molar-refractivity contribution in [3.05, 3.63) is 0 Å². The fraction of sp³-hybridized carbons (Fsp3) is 0.792. The van der Waals surface area contributed by atoms with E-state index in [0.717, 1.165) is 155 Å². The second kappa shape index (κ2) is 74.8. The molecule has 0 amide bonds. The third kappa shape index (κ3) is 90.9. The highest BCUT2D eigenvalue weighted by molar-refractivity contribution is 7.10. The van der Waals surface area contributed by atoms with Gasteiger partial charge in [-0.05, 0) is 141 Å². The maximum Gasteiger partial charge on any atom is 0.143 e. The number of ketones is 6. The Morgan fingerprint density at radius 2 is 0.549 bits per heavy atom. The first-order valence-corrected chi connectivity index (χ1v) is 66.4. The summed E-state index contributed by atoms with van der Waals surface area (Å²) < 4.78 is 0. The lowest BCUT2D eigenvalue weighted by molar-refractivity contribution is -0.125. The van der Waals surface area contributed by atoms with Gasteiger partial charge in [0.05, 0.1) is 28.0 Å². The van der Waals surface area contributed by atoms with Crippen LogP contribution < -0.4 is 0 Å². The van der Waals surface area contributed by atoms with Gasteiger partial charge in [0.25, 0.3) is 0 Å². The molecular formula is C96H194N10O10Si6. The largest absolute Gasteiger partial charge is 0.305 e. The molecule has 0 N–H and O–H groups in total. The van der Waals surface area contributed by atoms with Crippen LogP contribution in [-0.2, 0) is 47.9 Å². The van der Waals surface area contributed by atoms with Crippen molar-refractivity contribution in [2.45, 2.75) is 414 Å². The van der Waals surface area contributed by atoms with Crippen molar-refractivity contribution in [2.24, 2.45) is 72.6 Å². The summed E-state index contributed by atoms with van der Waals surface area (Å²) in [5, 5.41) is 4.04. The number of aliphatic imine (C=N–C) groups is 10. The molecule has 0 rings (SSSR count). The van der Waals surface area contributed by atoms with Crippen molar-refractivity contribution < 1.29 is 47.9 Å². The summed E-state index contributed by atoms with van der Waals surface area (Å²) >= 11 is 0. The number of carbonyl (C=O) groups excluding carboxylic acids is 10. The molecule has 0 bridgehead atoms. The molecule has 122 heavy (non-hydrogen) atoms. The molecule has 0 aromatic heterocycles. The Hall–Kier alpha value is -5.30. The second-order valence-corrected chi connectivity index (χ2v) is 70.3. The average Bonchev–Trinajstić information content (AvgIpc) is 0.859. The maximum absolute atomic E-state index is 12.1. The summed E-state index contributed by atoms with van der Waals surface area (Å²) in [5.74, 6) is 1.33. The van der Waals surface area contributed by atoms with Crippen molar-refractivity contribution in [3.63, 3.8) is 0 Å². The lowest BCUT2D eigenvalue weighted by Gasteiger charge is -2.24. The van der Waals surface area contributed by atoms with E-state index < -0.39 is 48.4 Å². The number of nitrogens with zero attached hydrogens (tertiary/aromatic N) is 10. The van der Waals surface area contributed by atoms with Crippen LogP contribution in [0.2, 0.25) is 118 Å². The van der Waals surface area contributed by atoms with Crippen LogP contribution in [0.4, 0.5) is 0 Å². The molecule has 0 heterocycles. The van der Waals surface area contributed by atoms with Gasteiger partial charge in [-0.15, -0.1) is 0 Å². The minimum absolute atomic E-state index is 0.00144. The van der Waals surface area contributed by atoms with E-state index in [2.05, 4.69) is 237 Å². The van der Waals surface area contributed by atoms with Gasteiger partial charge in [0.2, 0.25) is 0 Å². The zero-order chi connectivity index (χ0) is 98.7. The Morgan fingerprint density at radius 3 is 0.795 bits per heavy atom. The van der Waals surface area contributed by atoms with Gasteiger partial charge in [0.15, 0.2) is 0 Å². The van der Waals surface area contributed by atoms with Crippen molar-refractivity contribution in [1.29, 1.82) is 0 Å². The predicted molar refractivity (Wildman–Crippen MR) is 560 cm³/mol. The number of Topliss-reactive ketones (excluding diaryl/α,β-unsaturated/α-hetero) is 6. The zero-order valence-electron chi connectivity index (χ0n) is 88.7. The summed E-state index contributed by atoms with van der Waals surface area (Å²) in [7, 11) is -5.65. The minimum Gasteiger partial charge on any atom is -0.305 e. The molecule has 0 saturated heterocycles. The lowest BCUT2D eigenvalue weighted by Crippen LogP contribution is -2.41. The van der Waals surface area contributed by atoms with Crippen LogP contribution in [0.25, 0.3) is 0 Å². The van der Waals surface area contributed by atoms with Crippen LogP contribution in [0.3, 0.4) is 0 Å². The lowest BCUT2D eigenvalue weighted by atomic mass is 9.81.